The summed E-state index contributed by atoms with van der Waals surface area (Å²) in [4.78, 5) is 6.36. The van der Waals surface area contributed by atoms with Crippen LogP contribution in [0, 0.1) is 0 Å². The fourth-order valence-corrected chi connectivity index (χ4v) is 1.78. The first-order valence-electron chi connectivity index (χ1n) is 4.70. The molecule has 1 aromatic carbocycles. The van der Waals surface area contributed by atoms with E-state index in [1.54, 1.807) is 0 Å². The molecule has 3 rings (SSSR count). The summed E-state index contributed by atoms with van der Waals surface area (Å²) in [5, 5.41) is 2.55. The van der Waals surface area contributed by atoms with E-state index in [9.17, 15) is 0 Å². The Bertz CT molecular complexity index is 538. The molecule has 0 N–H and O–H groups in total. The van der Waals surface area contributed by atoms with E-state index in [2.05, 4.69) is 46.4 Å². The van der Waals surface area contributed by atoms with Gasteiger partial charge in [-0.1, -0.05) is 24.3 Å². The Hall–Kier alpha value is -1.83. The van der Waals surface area contributed by atoms with Crippen molar-refractivity contribution in [2.24, 2.45) is 4.99 Å². The molecule has 0 spiro atoms. The third kappa shape index (κ3) is 1.08. The van der Waals surface area contributed by atoms with Crippen LogP contribution in [0.1, 0.15) is 0 Å². The Morgan fingerprint density at radius 2 is 2.00 bits per heavy atom. The molecule has 2 aliphatic heterocycles. The number of rotatable bonds is 0. The summed E-state index contributed by atoms with van der Waals surface area (Å²) in [6.07, 6.45) is 8.16. The first kappa shape index (κ1) is 7.56. The maximum Gasteiger partial charge on any atom is 0.0601 e. The van der Waals surface area contributed by atoms with Gasteiger partial charge in [-0.2, -0.15) is 0 Å². The van der Waals surface area contributed by atoms with Crippen molar-refractivity contribution in [3.05, 3.63) is 46.6 Å². The van der Waals surface area contributed by atoms with Gasteiger partial charge in [0.25, 0.3) is 0 Å². The number of fused-ring (bicyclic) bond motifs is 2. The molecule has 68 valence electrons. The minimum absolute atomic E-state index is 0.872. The van der Waals surface area contributed by atoms with Crippen molar-refractivity contribution >= 4 is 18.5 Å². The predicted octanol–water partition coefficient (Wildman–Crippen LogP) is 0.447. The number of hydrogen-bond acceptors (Lipinski definition) is 2. The lowest BCUT2D eigenvalue weighted by Gasteiger charge is -2.23. The van der Waals surface area contributed by atoms with E-state index in [-0.39, 0.29) is 0 Å². The first-order valence-corrected chi connectivity index (χ1v) is 4.70. The molecule has 0 fully saturated rings. The molecule has 0 saturated heterocycles. The Morgan fingerprint density at radius 3 is 2.93 bits per heavy atom. The second kappa shape index (κ2) is 2.84. The van der Waals surface area contributed by atoms with Gasteiger partial charge in [0, 0.05) is 12.4 Å². The molecule has 2 aliphatic rings. The van der Waals surface area contributed by atoms with Gasteiger partial charge in [0.05, 0.1) is 18.4 Å². The van der Waals surface area contributed by atoms with Gasteiger partial charge in [-0.3, -0.25) is 4.99 Å². The summed E-state index contributed by atoms with van der Waals surface area (Å²) in [6, 6.07) is 8.39. The summed E-state index contributed by atoms with van der Waals surface area (Å²) in [5.74, 6) is 0. The van der Waals surface area contributed by atoms with Gasteiger partial charge in [-0.05, 0) is 16.5 Å². The molecule has 0 bridgehead atoms. The summed E-state index contributed by atoms with van der Waals surface area (Å²) in [6.45, 7) is 0.872. The number of allylic oxidation sites excluding steroid dienone is 1. The Morgan fingerprint density at radius 1 is 1.14 bits per heavy atom. The van der Waals surface area contributed by atoms with E-state index in [4.69, 9.17) is 0 Å². The lowest BCUT2D eigenvalue weighted by Crippen LogP contribution is -2.35. The van der Waals surface area contributed by atoms with Crippen LogP contribution in [-0.2, 0) is 0 Å². The highest BCUT2D eigenvalue weighted by molar-refractivity contribution is 5.68. The fourth-order valence-electron chi connectivity index (χ4n) is 1.78. The van der Waals surface area contributed by atoms with E-state index in [1.807, 2.05) is 12.4 Å². The highest BCUT2D eigenvalue weighted by Gasteiger charge is 2.09. The highest BCUT2D eigenvalue weighted by Crippen LogP contribution is 2.11. The summed E-state index contributed by atoms with van der Waals surface area (Å²) < 4.78 is 0. The van der Waals surface area contributed by atoms with Crippen molar-refractivity contribution in [1.82, 2.24) is 4.90 Å². The van der Waals surface area contributed by atoms with Crippen LogP contribution < -0.4 is 10.4 Å². The number of hydrogen-bond donors (Lipinski definition) is 0. The molecule has 1 aromatic rings. The second-order valence-corrected chi connectivity index (χ2v) is 3.44. The van der Waals surface area contributed by atoms with Crippen molar-refractivity contribution in [2.75, 3.05) is 6.54 Å². The van der Waals surface area contributed by atoms with Crippen LogP contribution in [-0.4, -0.2) is 17.7 Å². The molecule has 0 aliphatic carbocycles. The van der Waals surface area contributed by atoms with Gasteiger partial charge in [-0.25, -0.2) is 0 Å². The molecule has 14 heavy (non-hydrogen) atoms. The quantitative estimate of drug-likeness (QED) is 0.568. The lowest BCUT2D eigenvalue weighted by atomic mass is 10.1. The van der Waals surface area contributed by atoms with Gasteiger partial charge in [0.2, 0.25) is 0 Å². The fraction of sp³-hybridized carbons (Fsp3) is 0.0833. The number of nitrogens with zero attached hydrogens (tertiary/aromatic N) is 2. The standard InChI is InChI=1S/C12H10N2/c1-2-4-11-9-14-6-5-13-8-12(14)7-10(11)3-1/h1-5,7-9H,6H2. The second-order valence-electron chi connectivity index (χ2n) is 3.44. The van der Waals surface area contributed by atoms with Gasteiger partial charge < -0.3 is 4.90 Å². The third-order valence-electron chi connectivity index (χ3n) is 2.52. The summed E-state index contributed by atoms with van der Waals surface area (Å²) in [5.41, 5.74) is 1.17. The molecule has 0 radical (unpaired) electrons. The molecule has 0 saturated carbocycles. The first-order chi connectivity index (χ1) is 6.93. The molecule has 2 nitrogen and oxygen atoms in total. The molecular formula is C12H10N2. The maximum atomic E-state index is 4.15. The zero-order valence-electron chi connectivity index (χ0n) is 7.72. The number of benzene rings is 1. The lowest BCUT2D eigenvalue weighted by molar-refractivity contribution is 0.595. The summed E-state index contributed by atoms with van der Waals surface area (Å²) >= 11 is 0. The zero-order chi connectivity index (χ0) is 9.38. The average molecular weight is 182 g/mol. The highest BCUT2D eigenvalue weighted by atomic mass is 15.1. The van der Waals surface area contributed by atoms with Crippen LogP contribution in [0.15, 0.2) is 41.2 Å². The van der Waals surface area contributed by atoms with Crippen LogP contribution in [0.4, 0.5) is 0 Å². The van der Waals surface area contributed by atoms with E-state index in [0.717, 1.165) is 6.54 Å². The smallest absolute Gasteiger partial charge is 0.0601 e. The molecule has 2 heterocycles. The molecule has 0 amide bonds. The Balaban J connectivity index is 2.29. The monoisotopic (exact) mass is 182 g/mol. The minimum Gasteiger partial charge on any atom is -0.341 e. The van der Waals surface area contributed by atoms with E-state index >= 15 is 0 Å². The van der Waals surface area contributed by atoms with Crippen LogP contribution in [0.3, 0.4) is 0 Å². The normalized spacial score (nSPS) is 17.4. The SMILES string of the molecule is C1=NC=C2C=c3ccccc3=CN2C1. The van der Waals surface area contributed by atoms with Crippen LogP contribution in [0.2, 0.25) is 0 Å². The largest absolute Gasteiger partial charge is 0.341 e. The van der Waals surface area contributed by atoms with Gasteiger partial charge >= 0.3 is 0 Å². The molecule has 0 aromatic heterocycles. The topological polar surface area (TPSA) is 15.6 Å². The van der Waals surface area contributed by atoms with E-state index < -0.39 is 0 Å². The van der Waals surface area contributed by atoms with Crippen molar-refractivity contribution < 1.29 is 0 Å². The molecular weight excluding hydrogens is 172 g/mol. The zero-order valence-corrected chi connectivity index (χ0v) is 7.72. The van der Waals surface area contributed by atoms with Crippen molar-refractivity contribution in [3.63, 3.8) is 0 Å². The predicted molar refractivity (Wildman–Crippen MR) is 57.9 cm³/mol. The number of aliphatic imine (C=N–C) groups is 1. The van der Waals surface area contributed by atoms with Crippen LogP contribution >= 0.6 is 0 Å². The third-order valence-corrected chi connectivity index (χ3v) is 2.52. The van der Waals surface area contributed by atoms with Gasteiger partial charge in [-0.15, -0.1) is 0 Å². The van der Waals surface area contributed by atoms with Gasteiger partial charge in [0.1, 0.15) is 0 Å². The van der Waals surface area contributed by atoms with E-state index in [1.165, 1.54) is 16.1 Å². The molecule has 0 atom stereocenters. The Kier molecular flexibility index (Phi) is 1.53. The van der Waals surface area contributed by atoms with Crippen molar-refractivity contribution in [2.45, 2.75) is 0 Å². The van der Waals surface area contributed by atoms with Crippen LogP contribution in [0.25, 0.3) is 12.3 Å². The minimum atomic E-state index is 0.872. The summed E-state index contributed by atoms with van der Waals surface area (Å²) in [7, 11) is 0. The van der Waals surface area contributed by atoms with Gasteiger partial charge in [0.15, 0.2) is 0 Å². The Labute approximate surface area is 82.2 Å². The van der Waals surface area contributed by atoms with Crippen LogP contribution in [0.5, 0.6) is 0 Å². The van der Waals surface area contributed by atoms with Crippen molar-refractivity contribution in [1.29, 1.82) is 0 Å². The molecule has 0 unspecified atom stereocenters. The maximum absolute atomic E-state index is 4.15. The molecule has 2 heteroatoms. The average Bonchev–Trinajstić information content (AvgIpc) is 2.26. The van der Waals surface area contributed by atoms with E-state index in [0.29, 0.717) is 0 Å². The van der Waals surface area contributed by atoms with Crippen molar-refractivity contribution in [3.8, 4) is 0 Å².